The molecule has 0 fully saturated rings. The molecule has 1 unspecified atom stereocenters. The number of carbonyl (C=O) groups is 5. The summed E-state index contributed by atoms with van der Waals surface area (Å²) < 4.78 is 0. The van der Waals surface area contributed by atoms with E-state index >= 15 is 0 Å². The first kappa shape index (κ1) is 26.1. The summed E-state index contributed by atoms with van der Waals surface area (Å²) >= 11 is 0. The Labute approximate surface area is 167 Å². The van der Waals surface area contributed by atoms with Crippen LogP contribution < -0.4 is 16.0 Å². The highest BCUT2D eigenvalue weighted by Gasteiger charge is 2.24. The fraction of sp³-hybridized carbons (Fsp3) is 0.706. The Morgan fingerprint density at radius 1 is 0.862 bits per heavy atom. The first-order valence-corrected chi connectivity index (χ1v) is 9.25. The minimum atomic E-state index is -1.46. The van der Waals surface area contributed by atoms with Crippen LogP contribution in [0, 0.1) is 5.92 Å². The van der Waals surface area contributed by atoms with Gasteiger partial charge in [-0.05, 0) is 32.1 Å². The third kappa shape index (κ3) is 11.5. The largest absolute Gasteiger partial charge is 0.481 e. The molecule has 0 aromatic rings. The summed E-state index contributed by atoms with van der Waals surface area (Å²) in [7, 11) is 0. The first-order chi connectivity index (χ1) is 13.6. The van der Waals surface area contributed by atoms with Crippen molar-refractivity contribution in [2.45, 2.75) is 57.5 Å². The molecule has 0 aliphatic heterocycles. The van der Waals surface area contributed by atoms with E-state index in [1.165, 1.54) is 0 Å². The van der Waals surface area contributed by atoms with E-state index in [-0.39, 0.29) is 31.9 Å². The zero-order chi connectivity index (χ0) is 22.4. The highest BCUT2D eigenvalue weighted by molar-refractivity contribution is 5.86. The van der Waals surface area contributed by atoms with Crippen LogP contribution in [0.15, 0.2) is 0 Å². The topological polar surface area (TPSA) is 202 Å². The average Bonchev–Trinajstić information content (AvgIpc) is 2.64. The fourth-order valence-corrected chi connectivity index (χ4v) is 2.37. The molecule has 0 saturated heterocycles. The Bertz CT molecular complexity index is 578. The number of aliphatic hydroxyl groups is 1. The number of hydrogen-bond acceptors (Lipinski definition) is 6. The van der Waals surface area contributed by atoms with E-state index in [0.29, 0.717) is 19.3 Å². The van der Waals surface area contributed by atoms with Gasteiger partial charge in [0, 0.05) is 13.0 Å². The monoisotopic (exact) mass is 419 g/mol. The predicted molar refractivity (Wildman–Crippen MR) is 99.1 cm³/mol. The summed E-state index contributed by atoms with van der Waals surface area (Å²) in [5.41, 5.74) is 0. The third-order valence-corrected chi connectivity index (χ3v) is 4.16. The molecule has 12 heteroatoms. The summed E-state index contributed by atoms with van der Waals surface area (Å²) in [6.07, 6.45) is 0.517. The lowest BCUT2D eigenvalue weighted by Crippen LogP contribution is -2.51. The molecule has 12 nitrogen and oxygen atoms in total. The number of carboxylic acids is 3. The smallest absolute Gasteiger partial charge is 0.326 e. The van der Waals surface area contributed by atoms with Crippen molar-refractivity contribution in [1.29, 1.82) is 0 Å². The lowest BCUT2D eigenvalue weighted by molar-refractivity contribution is -0.140. The molecule has 29 heavy (non-hydrogen) atoms. The van der Waals surface area contributed by atoms with Crippen molar-refractivity contribution in [2.24, 2.45) is 5.92 Å². The molecule has 0 aromatic carbocycles. The maximum atomic E-state index is 11.9. The van der Waals surface area contributed by atoms with Gasteiger partial charge in [-0.25, -0.2) is 14.4 Å². The molecule has 0 heterocycles. The average molecular weight is 419 g/mol. The molecule has 0 aliphatic carbocycles. The van der Waals surface area contributed by atoms with Crippen LogP contribution in [0.1, 0.15) is 45.4 Å². The van der Waals surface area contributed by atoms with Gasteiger partial charge in [-0.2, -0.15) is 0 Å². The molecule has 0 spiro atoms. The van der Waals surface area contributed by atoms with Crippen molar-refractivity contribution in [3.63, 3.8) is 0 Å². The Morgan fingerprint density at radius 2 is 1.41 bits per heavy atom. The van der Waals surface area contributed by atoms with Crippen LogP contribution >= 0.6 is 0 Å². The van der Waals surface area contributed by atoms with E-state index < -0.39 is 48.4 Å². The molecule has 166 valence electrons. The number of rotatable bonds is 15. The van der Waals surface area contributed by atoms with Crippen LogP contribution in [-0.2, 0) is 19.2 Å². The predicted octanol–water partition coefficient (Wildman–Crippen LogP) is -0.638. The molecule has 3 amide bonds. The first-order valence-electron chi connectivity index (χ1n) is 9.25. The van der Waals surface area contributed by atoms with E-state index in [1.807, 2.05) is 5.32 Å². The number of amides is 3. The molecular weight excluding hydrogens is 390 g/mol. The number of nitrogens with one attached hydrogen (secondary N) is 3. The van der Waals surface area contributed by atoms with Crippen LogP contribution in [-0.4, -0.2) is 75.5 Å². The minimum Gasteiger partial charge on any atom is -0.481 e. The second-order valence-corrected chi connectivity index (χ2v) is 6.41. The number of carboxylic acid groups (broad SMARTS) is 3. The van der Waals surface area contributed by atoms with Crippen molar-refractivity contribution in [3.05, 3.63) is 0 Å². The van der Waals surface area contributed by atoms with E-state index in [0.717, 1.165) is 0 Å². The van der Waals surface area contributed by atoms with Gasteiger partial charge in [0.2, 0.25) is 5.91 Å². The van der Waals surface area contributed by atoms with Crippen molar-refractivity contribution < 1.29 is 44.4 Å². The third-order valence-electron chi connectivity index (χ3n) is 4.16. The molecule has 0 saturated carbocycles. The Kier molecular flexibility index (Phi) is 12.7. The Morgan fingerprint density at radius 3 is 1.86 bits per heavy atom. The van der Waals surface area contributed by atoms with Crippen LogP contribution in [0.4, 0.5) is 4.79 Å². The van der Waals surface area contributed by atoms with Crippen molar-refractivity contribution in [3.8, 4) is 0 Å². The lowest BCUT2D eigenvalue weighted by atomic mass is 10.1. The highest BCUT2D eigenvalue weighted by Crippen LogP contribution is 2.04. The van der Waals surface area contributed by atoms with Crippen LogP contribution in [0.2, 0.25) is 0 Å². The van der Waals surface area contributed by atoms with Gasteiger partial charge < -0.3 is 36.4 Å². The normalized spacial score (nSPS) is 13.6. The molecule has 0 aliphatic rings. The van der Waals surface area contributed by atoms with Gasteiger partial charge in [0.25, 0.3) is 0 Å². The number of aliphatic carboxylic acids is 3. The summed E-state index contributed by atoms with van der Waals surface area (Å²) in [5.74, 6) is -4.75. The Balaban J connectivity index is 4.41. The molecule has 0 aromatic heterocycles. The highest BCUT2D eigenvalue weighted by atomic mass is 16.4. The van der Waals surface area contributed by atoms with Gasteiger partial charge in [0.05, 0.1) is 12.5 Å². The SMILES string of the molecule is CCC(CO)C(=O)NCCCC[C@H](NC(=O)N[C@@H](CCC(=O)O)C(=O)O)C(=O)O. The lowest BCUT2D eigenvalue weighted by Gasteiger charge is -2.18. The fourth-order valence-electron chi connectivity index (χ4n) is 2.37. The van der Waals surface area contributed by atoms with Gasteiger partial charge >= 0.3 is 23.9 Å². The van der Waals surface area contributed by atoms with Crippen LogP contribution in [0.5, 0.6) is 0 Å². The maximum Gasteiger partial charge on any atom is 0.326 e. The standard InChI is InChI=1S/C17H29N3O9/c1-2-10(9-21)14(24)18-8-4-3-5-11(15(25)26)19-17(29)20-12(16(27)28)6-7-13(22)23/h10-12,21H,2-9H2,1H3,(H,18,24)(H,22,23)(H,25,26)(H,27,28)(H2,19,20,29)/t10?,11-,12-/m0/s1. The molecule has 0 bridgehead atoms. The van der Waals surface area contributed by atoms with Crippen molar-refractivity contribution in [1.82, 2.24) is 16.0 Å². The van der Waals surface area contributed by atoms with E-state index in [4.69, 9.17) is 15.3 Å². The van der Waals surface area contributed by atoms with Gasteiger partial charge in [-0.15, -0.1) is 0 Å². The summed E-state index contributed by atoms with van der Waals surface area (Å²) in [5, 5.41) is 42.6. The van der Waals surface area contributed by atoms with Gasteiger partial charge in [0.15, 0.2) is 0 Å². The van der Waals surface area contributed by atoms with Crippen LogP contribution in [0.3, 0.4) is 0 Å². The molecule has 7 N–H and O–H groups in total. The quantitative estimate of drug-likeness (QED) is 0.168. The number of hydrogen-bond donors (Lipinski definition) is 7. The molecule has 0 radical (unpaired) electrons. The number of urea groups is 1. The van der Waals surface area contributed by atoms with E-state index in [1.54, 1.807) is 6.92 Å². The van der Waals surface area contributed by atoms with E-state index in [9.17, 15) is 29.1 Å². The second-order valence-electron chi connectivity index (χ2n) is 6.41. The zero-order valence-electron chi connectivity index (χ0n) is 16.2. The van der Waals surface area contributed by atoms with E-state index in [2.05, 4.69) is 10.6 Å². The van der Waals surface area contributed by atoms with Gasteiger partial charge in [-0.1, -0.05) is 6.92 Å². The Hall–Kier alpha value is -2.89. The summed E-state index contributed by atoms with van der Waals surface area (Å²) in [6, 6.07) is -3.77. The van der Waals surface area contributed by atoms with Crippen molar-refractivity contribution >= 4 is 29.8 Å². The van der Waals surface area contributed by atoms with Crippen molar-refractivity contribution in [2.75, 3.05) is 13.2 Å². The minimum absolute atomic E-state index is 0.0443. The summed E-state index contributed by atoms with van der Waals surface area (Å²) in [4.78, 5) is 56.4. The zero-order valence-corrected chi connectivity index (χ0v) is 16.2. The maximum absolute atomic E-state index is 11.9. The number of aliphatic hydroxyl groups excluding tert-OH is 1. The molecular formula is C17H29N3O9. The van der Waals surface area contributed by atoms with Gasteiger partial charge in [0.1, 0.15) is 12.1 Å². The molecule has 3 atom stereocenters. The number of unbranched alkanes of at least 4 members (excludes halogenated alkanes) is 1. The second kappa shape index (κ2) is 14.2. The summed E-state index contributed by atoms with van der Waals surface area (Å²) in [6.45, 7) is 1.79. The molecule has 0 rings (SSSR count). The number of carbonyl (C=O) groups excluding carboxylic acids is 2. The van der Waals surface area contributed by atoms with Crippen LogP contribution in [0.25, 0.3) is 0 Å². The van der Waals surface area contributed by atoms with Gasteiger partial charge in [-0.3, -0.25) is 9.59 Å².